The predicted molar refractivity (Wildman–Crippen MR) is 87.6 cm³/mol. The van der Waals surface area contributed by atoms with Gasteiger partial charge in [-0.1, -0.05) is 11.8 Å². The molecule has 0 amide bonds. The lowest BCUT2D eigenvalue weighted by Crippen LogP contribution is -2.02. The Balaban J connectivity index is 2.14. The van der Waals surface area contributed by atoms with E-state index in [2.05, 4.69) is 16.3 Å². The number of halogens is 2. The largest absolute Gasteiger partial charge is 0.270 e. The van der Waals surface area contributed by atoms with E-state index in [1.165, 1.54) is 36.0 Å². The minimum atomic E-state index is -0.352. The molecule has 120 valence electrons. The summed E-state index contributed by atoms with van der Waals surface area (Å²) >= 11 is 1.25. The average molecular weight is 342 g/mol. The molecule has 0 spiro atoms. The summed E-state index contributed by atoms with van der Waals surface area (Å²) in [4.78, 5) is 0. The lowest BCUT2D eigenvalue weighted by Gasteiger charge is -2.11. The third kappa shape index (κ3) is 3.29. The van der Waals surface area contributed by atoms with E-state index < -0.39 is 0 Å². The van der Waals surface area contributed by atoms with E-state index in [0.717, 1.165) is 0 Å². The van der Waals surface area contributed by atoms with Crippen LogP contribution >= 0.6 is 11.8 Å². The second-order valence-electron chi connectivity index (χ2n) is 5.01. The molecule has 2 aromatic carbocycles. The zero-order valence-electron chi connectivity index (χ0n) is 12.6. The summed E-state index contributed by atoms with van der Waals surface area (Å²) in [5, 5.41) is 17.5. The highest BCUT2D eigenvalue weighted by atomic mass is 32.2. The van der Waals surface area contributed by atoms with E-state index in [9.17, 15) is 8.78 Å². The lowest BCUT2D eigenvalue weighted by atomic mass is 10.2. The summed E-state index contributed by atoms with van der Waals surface area (Å²) in [7, 11) is 0. The van der Waals surface area contributed by atoms with Gasteiger partial charge in [-0.3, -0.25) is 4.57 Å². The van der Waals surface area contributed by atoms with Gasteiger partial charge in [-0.2, -0.15) is 5.26 Å². The second-order valence-corrected chi connectivity index (χ2v) is 6.32. The first-order valence-corrected chi connectivity index (χ1v) is 8.00. The molecule has 1 aromatic heterocycles. The van der Waals surface area contributed by atoms with Crippen LogP contribution in [0.5, 0.6) is 0 Å². The van der Waals surface area contributed by atoms with Crippen LogP contribution in [0.4, 0.5) is 8.78 Å². The Morgan fingerprint density at radius 3 is 2.17 bits per heavy atom. The van der Waals surface area contributed by atoms with Crippen LogP contribution in [0.1, 0.15) is 6.92 Å². The molecule has 0 saturated carbocycles. The average Bonchev–Trinajstić information content (AvgIpc) is 2.99. The summed E-state index contributed by atoms with van der Waals surface area (Å²) < 4.78 is 28.1. The predicted octanol–water partition coefficient (Wildman–Crippen LogP) is 4.22. The monoisotopic (exact) mass is 342 g/mol. The van der Waals surface area contributed by atoms with Gasteiger partial charge in [0.25, 0.3) is 0 Å². The van der Waals surface area contributed by atoms with E-state index in [-0.39, 0.29) is 16.9 Å². The molecule has 0 aliphatic rings. The minimum absolute atomic E-state index is 0.325. The van der Waals surface area contributed by atoms with Crippen LogP contribution in [-0.2, 0) is 0 Å². The number of benzene rings is 2. The molecular weight excluding hydrogens is 330 g/mol. The first-order valence-electron chi connectivity index (χ1n) is 7.12. The van der Waals surface area contributed by atoms with Crippen molar-refractivity contribution >= 4 is 11.8 Å². The van der Waals surface area contributed by atoms with Crippen LogP contribution in [0.2, 0.25) is 0 Å². The van der Waals surface area contributed by atoms with Gasteiger partial charge in [0.15, 0.2) is 11.0 Å². The van der Waals surface area contributed by atoms with Gasteiger partial charge in [-0.15, -0.1) is 10.2 Å². The van der Waals surface area contributed by atoms with E-state index in [1.807, 2.05) is 0 Å². The highest BCUT2D eigenvalue weighted by Gasteiger charge is 2.18. The molecule has 0 unspecified atom stereocenters. The molecule has 0 fully saturated rings. The quantitative estimate of drug-likeness (QED) is 0.666. The molecule has 7 heteroatoms. The van der Waals surface area contributed by atoms with Gasteiger partial charge >= 0.3 is 0 Å². The normalized spacial score (nSPS) is 11.9. The van der Waals surface area contributed by atoms with Gasteiger partial charge in [0.2, 0.25) is 0 Å². The highest BCUT2D eigenvalue weighted by molar-refractivity contribution is 8.00. The van der Waals surface area contributed by atoms with E-state index in [4.69, 9.17) is 5.26 Å². The number of hydrogen-bond donors (Lipinski definition) is 0. The summed E-state index contributed by atoms with van der Waals surface area (Å²) in [6.45, 7) is 1.76. The summed E-state index contributed by atoms with van der Waals surface area (Å²) in [6.07, 6.45) is 0. The summed E-state index contributed by atoms with van der Waals surface area (Å²) in [5.74, 6) is -0.205. The SMILES string of the molecule is C[C@H](C#N)Sc1nnc(-c2ccc(F)cc2)n1-c1ccc(F)cc1. The van der Waals surface area contributed by atoms with E-state index >= 15 is 0 Å². The van der Waals surface area contributed by atoms with Crippen molar-refractivity contribution in [2.24, 2.45) is 0 Å². The zero-order chi connectivity index (χ0) is 17.1. The van der Waals surface area contributed by atoms with Gasteiger partial charge in [-0.25, -0.2) is 8.78 Å². The molecule has 4 nitrogen and oxygen atoms in total. The Bertz CT molecular complexity index is 882. The van der Waals surface area contributed by atoms with Crippen molar-refractivity contribution in [3.05, 3.63) is 60.2 Å². The fraction of sp³-hybridized carbons (Fsp3) is 0.118. The molecule has 1 heterocycles. The van der Waals surface area contributed by atoms with Crippen LogP contribution in [0.25, 0.3) is 17.1 Å². The molecule has 0 bridgehead atoms. The highest BCUT2D eigenvalue weighted by Crippen LogP contribution is 2.30. The summed E-state index contributed by atoms with van der Waals surface area (Å²) in [5.41, 5.74) is 1.33. The summed E-state index contributed by atoms with van der Waals surface area (Å²) in [6, 6.07) is 13.9. The molecule has 3 rings (SSSR count). The van der Waals surface area contributed by atoms with Crippen molar-refractivity contribution in [3.8, 4) is 23.1 Å². The zero-order valence-corrected chi connectivity index (χ0v) is 13.5. The molecule has 0 aliphatic carbocycles. The molecule has 3 aromatic rings. The molecular formula is C17H12F2N4S. The molecule has 0 N–H and O–H groups in total. The van der Waals surface area contributed by atoms with Gasteiger partial charge < -0.3 is 0 Å². The topological polar surface area (TPSA) is 54.5 Å². The third-order valence-corrected chi connectivity index (χ3v) is 4.22. The van der Waals surface area contributed by atoms with Crippen molar-refractivity contribution in [1.82, 2.24) is 14.8 Å². The van der Waals surface area contributed by atoms with Crippen LogP contribution in [0, 0.1) is 23.0 Å². The Morgan fingerprint density at radius 2 is 1.58 bits per heavy atom. The standard InChI is InChI=1S/C17H12F2N4S/c1-11(10-20)24-17-22-21-16(12-2-4-13(18)5-3-12)23(17)15-8-6-14(19)7-9-15/h2-9,11H,1H3/t11-/m1/s1. The van der Waals surface area contributed by atoms with Gasteiger partial charge in [0, 0.05) is 11.3 Å². The van der Waals surface area contributed by atoms with Gasteiger partial charge in [-0.05, 0) is 55.5 Å². The lowest BCUT2D eigenvalue weighted by molar-refractivity contribution is 0.626. The second kappa shape index (κ2) is 6.81. The number of thioether (sulfide) groups is 1. The molecule has 0 radical (unpaired) electrons. The Kier molecular flexibility index (Phi) is 4.58. The maximum atomic E-state index is 13.2. The molecule has 0 aliphatic heterocycles. The molecule has 0 saturated heterocycles. The van der Waals surface area contributed by atoms with Crippen molar-refractivity contribution < 1.29 is 8.78 Å². The number of rotatable bonds is 4. The van der Waals surface area contributed by atoms with Crippen molar-refractivity contribution in [2.75, 3.05) is 0 Å². The van der Waals surface area contributed by atoms with Crippen LogP contribution in [0.3, 0.4) is 0 Å². The van der Waals surface area contributed by atoms with Crippen LogP contribution in [0.15, 0.2) is 53.7 Å². The van der Waals surface area contributed by atoms with Crippen LogP contribution in [-0.4, -0.2) is 20.0 Å². The maximum absolute atomic E-state index is 13.2. The van der Waals surface area contributed by atoms with E-state index in [1.54, 1.807) is 35.8 Å². The smallest absolute Gasteiger partial charge is 0.197 e. The van der Waals surface area contributed by atoms with Crippen molar-refractivity contribution in [1.29, 1.82) is 5.26 Å². The van der Waals surface area contributed by atoms with Gasteiger partial charge in [0.1, 0.15) is 11.6 Å². The number of aromatic nitrogens is 3. The number of hydrogen-bond acceptors (Lipinski definition) is 4. The van der Waals surface area contributed by atoms with Crippen molar-refractivity contribution in [2.45, 2.75) is 17.3 Å². The van der Waals surface area contributed by atoms with E-state index in [0.29, 0.717) is 22.2 Å². The first kappa shape index (κ1) is 16.1. The third-order valence-electron chi connectivity index (χ3n) is 3.28. The minimum Gasteiger partial charge on any atom is -0.270 e. The maximum Gasteiger partial charge on any atom is 0.197 e. The fourth-order valence-corrected chi connectivity index (χ4v) is 2.89. The Labute approximate surface area is 141 Å². The molecule has 24 heavy (non-hydrogen) atoms. The fourth-order valence-electron chi connectivity index (χ4n) is 2.14. The Morgan fingerprint density at radius 1 is 1.00 bits per heavy atom. The van der Waals surface area contributed by atoms with Crippen molar-refractivity contribution in [3.63, 3.8) is 0 Å². The first-order chi connectivity index (χ1) is 11.6. The number of nitrogens with zero attached hydrogens (tertiary/aromatic N) is 4. The number of nitriles is 1. The Hall–Kier alpha value is -2.72. The van der Waals surface area contributed by atoms with Crippen LogP contribution < -0.4 is 0 Å². The molecule has 1 atom stereocenters. The van der Waals surface area contributed by atoms with Gasteiger partial charge in [0.05, 0.1) is 11.3 Å².